The summed E-state index contributed by atoms with van der Waals surface area (Å²) in [5, 5.41) is 0. The molecule has 0 saturated carbocycles. The van der Waals surface area contributed by atoms with Crippen molar-refractivity contribution in [3.05, 3.63) is 29.6 Å². The standard InChI is InChI=1S/C9H8FN3S/c1-5-4-6(2-3-7(5)10)8-9(11)13-14-12-8/h2-4H,1H3,(H2,11,13). The molecule has 0 bridgehead atoms. The van der Waals surface area contributed by atoms with Gasteiger partial charge in [0.15, 0.2) is 5.82 Å². The number of hydrogen-bond donors (Lipinski definition) is 1. The van der Waals surface area contributed by atoms with Crippen LogP contribution in [0.2, 0.25) is 0 Å². The highest BCUT2D eigenvalue weighted by atomic mass is 32.1. The number of anilines is 1. The lowest BCUT2D eigenvalue weighted by Gasteiger charge is -2.00. The minimum Gasteiger partial charge on any atom is -0.381 e. The van der Waals surface area contributed by atoms with Gasteiger partial charge in [-0.2, -0.15) is 8.75 Å². The van der Waals surface area contributed by atoms with Crippen molar-refractivity contribution in [3.8, 4) is 11.3 Å². The number of hydrogen-bond acceptors (Lipinski definition) is 4. The molecule has 0 unspecified atom stereocenters. The molecule has 3 nitrogen and oxygen atoms in total. The fourth-order valence-corrected chi connectivity index (χ4v) is 1.68. The van der Waals surface area contributed by atoms with Gasteiger partial charge in [0.25, 0.3) is 0 Å². The summed E-state index contributed by atoms with van der Waals surface area (Å²) in [7, 11) is 0. The van der Waals surface area contributed by atoms with Crippen LogP contribution >= 0.6 is 11.7 Å². The molecule has 5 heteroatoms. The van der Waals surface area contributed by atoms with Gasteiger partial charge in [0, 0.05) is 5.56 Å². The van der Waals surface area contributed by atoms with Crippen LogP contribution in [0.3, 0.4) is 0 Å². The van der Waals surface area contributed by atoms with E-state index in [1.54, 1.807) is 19.1 Å². The second kappa shape index (κ2) is 3.34. The average molecular weight is 209 g/mol. The Hall–Kier alpha value is -1.49. The highest BCUT2D eigenvalue weighted by Crippen LogP contribution is 2.24. The number of benzene rings is 1. The molecule has 0 aliphatic heterocycles. The summed E-state index contributed by atoms with van der Waals surface area (Å²) in [4.78, 5) is 0. The zero-order valence-electron chi connectivity index (χ0n) is 7.49. The van der Waals surface area contributed by atoms with Gasteiger partial charge < -0.3 is 5.73 Å². The first kappa shape index (κ1) is 9.08. The number of nitrogens with two attached hydrogens (primary N) is 1. The Bertz CT molecular complexity index is 467. The molecular formula is C9H8FN3S. The van der Waals surface area contributed by atoms with Crippen LogP contribution < -0.4 is 5.73 Å². The number of nitrogens with zero attached hydrogens (tertiary/aromatic N) is 2. The first-order chi connectivity index (χ1) is 6.68. The summed E-state index contributed by atoms with van der Waals surface area (Å²) in [5.74, 6) is 0.163. The van der Waals surface area contributed by atoms with Gasteiger partial charge in [-0.1, -0.05) is 0 Å². The third kappa shape index (κ3) is 1.46. The van der Waals surface area contributed by atoms with Gasteiger partial charge in [-0.05, 0) is 30.7 Å². The van der Waals surface area contributed by atoms with Crippen molar-refractivity contribution in [1.82, 2.24) is 8.75 Å². The van der Waals surface area contributed by atoms with Crippen molar-refractivity contribution in [1.29, 1.82) is 0 Å². The minimum absolute atomic E-state index is 0.226. The quantitative estimate of drug-likeness (QED) is 0.783. The third-order valence-electron chi connectivity index (χ3n) is 1.95. The van der Waals surface area contributed by atoms with E-state index in [9.17, 15) is 4.39 Å². The Balaban J connectivity index is 2.53. The molecule has 14 heavy (non-hydrogen) atoms. The molecule has 0 aliphatic rings. The summed E-state index contributed by atoms with van der Waals surface area (Å²) in [6.45, 7) is 1.70. The van der Waals surface area contributed by atoms with Crippen molar-refractivity contribution in [2.45, 2.75) is 6.92 Å². The van der Waals surface area contributed by atoms with Crippen LogP contribution in [0.15, 0.2) is 18.2 Å². The van der Waals surface area contributed by atoms with E-state index in [-0.39, 0.29) is 5.82 Å². The van der Waals surface area contributed by atoms with Gasteiger partial charge in [0.05, 0.1) is 11.7 Å². The lowest BCUT2D eigenvalue weighted by atomic mass is 10.1. The van der Waals surface area contributed by atoms with Gasteiger partial charge in [-0.15, -0.1) is 0 Å². The molecule has 2 aromatic rings. The Morgan fingerprint density at radius 1 is 1.36 bits per heavy atom. The number of aryl methyl sites for hydroxylation is 1. The van der Waals surface area contributed by atoms with Crippen LogP contribution in [0.25, 0.3) is 11.3 Å². The molecule has 0 radical (unpaired) electrons. The van der Waals surface area contributed by atoms with E-state index >= 15 is 0 Å². The van der Waals surface area contributed by atoms with Crippen molar-refractivity contribution in [2.24, 2.45) is 0 Å². The largest absolute Gasteiger partial charge is 0.381 e. The summed E-state index contributed by atoms with van der Waals surface area (Å²) >= 11 is 1.05. The lowest BCUT2D eigenvalue weighted by Crippen LogP contribution is -1.90. The maximum Gasteiger partial charge on any atom is 0.165 e. The van der Waals surface area contributed by atoms with Gasteiger partial charge in [0.2, 0.25) is 0 Å². The van der Waals surface area contributed by atoms with E-state index in [0.717, 1.165) is 17.3 Å². The Morgan fingerprint density at radius 3 is 2.71 bits per heavy atom. The van der Waals surface area contributed by atoms with Crippen LogP contribution in [0.5, 0.6) is 0 Å². The van der Waals surface area contributed by atoms with E-state index in [4.69, 9.17) is 5.73 Å². The van der Waals surface area contributed by atoms with E-state index in [2.05, 4.69) is 8.75 Å². The summed E-state index contributed by atoms with van der Waals surface area (Å²) in [6.07, 6.45) is 0. The van der Waals surface area contributed by atoms with E-state index in [0.29, 0.717) is 17.1 Å². The second-order valence-electron chi connectivity index (χ2n) is 2.96. The monoisotopic (exact) mass is 209 g/mol. The molecule has 2 rings (SSSR count). The fraction of sp³-hybridized carbons (Fsp3) is 0.111. The highest BCUT2D eigenvalue weighted by molar-refractivity contribution is 6.99. The molecule has 1 heterocycles. The SMILES string of the molecule is Cc1cc(-c2nsnc2N)ccc1F. The van der Waals surface area contributed by atoms with Crippen LogP contribution in [0, 0.1) is 12.7 Å². The number of aromatic nitrogens is 2. The molecular weight excluding hydrogens is 201 g/mol. The van der Waals surface area contributed by atoms with Crippen LogP contribution in [-0.4, -0.2) is 8.75 Å². The van der Waals surface area contributed by atoms with E-state index < -0.39 is 0 Å². The lowest BCUT2D eigenvalue weighted by molar-refractivity contribution is 0.619. The normalized spacial score (nSPS) is 10.4. The molecule has 0 saturated heterocycles. The first-order valence-electron chi connectivity index (χ1n) is 4.03. The minimum atomic E-state index is -0.226. The van der Waals surface area contributed by atoms with E-state index in [1.165, 1.54) is 6.07 Å². The van der Waals surface area contributed by atoms with E-state index in [1.807, 2.05) is 0 Å². The van der Waals surface area contributed by atoms with Crippen LogP contribution in [0.4, 0.5) is 10.2 Å². The maximum atomic E-state index is 13.0. The average Bonchev–Trinajstić information content (AvgIpc) is 2.57. The van der Waals surface area contributed by atoms with Crippen LogP contribution in [0.1, 0.15) is 5.56 Å². The van der Waals surface area contributed by atoms with Gasteiger partial charge in [-0.3, -0.25) is 0 Å². The predicted molar refractivity (Wildman–Crippen MR) is 54.5 cm³/mol. The van der Waals surface area contributed by atoms with Crippen LogP contribution in [-0.2, 0) is 0 Å². The smallest absolute Gasteiger partial charge is 0.165 e. The number of halogens is 1. The zero-order valence-corrected chi connectivity index (χ0v) is 8.31. The molecule has 72 valence electrons. The number of nitrogen functional groups attached to an aromatic ring is 1. The molecule has 0 spiro atoms. The van der Waals surface area contributed by atoms with Gasteiger partial charge >= 0.3 is 0 Å². The molecule has 1 aromatic carbocycles. The van der Waals surface area contributed by atoms with Crippen molar-refractivity contribution >= 4 is 17.5 Å². The zero-order chi connectivity index (χ0) is 10.1. The Kier molecular flexibility index (Phi) is 2.17. The number of rotatable bonds is 1. The second-order valence-corrected chi connectivity index (χ2v) is 3.49. The molecule has 0 fully saturated rings. The fourth-order valence-electron chi connectivity index (χ4n) is 1.19. The summed E-state index contributed by atoms with van der Waals surface area (Å²) in [6, 6.07) is 4.77. The van der Waals surface area contributed by atoms with Crippen molar-refractivity contribution in [2.75, 3.05) is 5.73 Å². The van der Waals surface area contributed by atoms with Crippen molar-refractivity contribution < 1.29 is 4.39 Å². The molecule has 0 amide bonds. The predicted octanol–water partition coefficient (Wildman–Crippen LogP) is 2.23. The molecule has 2 N–H and O–H groups in total. The third-order valence-corrected chi connectivity index (χ3v) is 2.49. The van der Waals surface area contributed by atoms with Gasteiger partial charge in [0.1, 0.15) is 11.5 Å². The summed E-state index contributed by atoms with van der Waals surface area (Å²) < 4.78 is 20.9. The Labute approximate surface area is 84.7 Å². The van der Waals surface area contributed by atoms with Crippen molar-refractivity contribution in [3.63, 3.8) is 0 Å². The first-order valence-corrected chi connectivity index (χ1v) is 4.76. The molecule has 1 aromatic heterocycles. The highest BCUT2D eigenvalue weighted by Gasteiger charge is 2.08. The maximum absolute atomic E-state index is 13.0. The molecule has 0 aliphatic carbocycles. The molecule has 0 atom stereocenters. The Morgan fingerprint density at radius 2 is 2.14 bits per heavy atom. The summed E-state index contributed by atoms with van der Waals surface area (Å²) in [5.41, 5.74) is 7.61. The van der Waals surface area contributed by atoms with Gasteiger partial charge in [-0.25, -0.2) is 4.39 Å². The topological polar surface area (TPSA) is 51.8 Å².